The Bertz CT molecular complexity index is 1630. The Morgan fingerprint density at radius 1 is 0.946 bits per heavy atom. The Balaban J connectivity index is 1.19. The van der Waals surface area contributed by atoms with Crippen molar-refractivity contribution in [2.45, 2.75) is 13.0 Å². The molecule has 0 aliphatic rings. The molecule has 6 rings (SSSR count). The van der Waals surface area contributed by atoms with Gasteiger partial charge >= 0.3 is 0 Å². The minimum atomic E-state index is 0.449. The molecule has 0 spiro atoms. The van der Waals surface area contributed by atoms with Crippen molar-refractivity contribution in [2.75, 3.05) is 17.3 Å². The summed E-state index contributed by atoms with van der Waals surface area (Å²) < 4.78 is 2.01. The molecular weight excluding hydrogens is 466 g/mol. The van der Waals surface area contributed by atoms with Crippen LogP contribution in [0.5, 0.6) is 0 Å². The molecule has 0 saturated carbocycles. The van der Waals surface area contributed by atoms with Gasteiger partial charge in [0.1, 0.15) is 6.33 Å². The average Bonchev–Trinajstić information content (AvgIpc) is 3.59. The van der Waals surface area contributed by atoms with Crippen LogP contribution < -0.4 is 10.2 Å². The SMILES string of the molecule is CN(c1ccc2c(cnn2Cc2ccccc2)c1)c1ncnc(Nc2cccc(Cc3nn[nH]n3)c2)n1. The molecule has 182 valence electrons. The van der Waals surface area contributed by atoms with Gasteiger partial charge in [-0.25, -0.2) is 9.97 Å². The Kier molecular flexibility index (Phi) is 5.91. The van der Waals surface area contributed by atoms with Gasteiger partial charge in [-0.15, -0.1) is 10.2 Å². The van der Waals surface area contributed by atoms with E-state index < -0.39 is 0 Å². The van der Waals surface area contributed by atoms with Crippen molar-refractivity contribution in [1.29, 1.82) is 0 Å². The minimum Gasteiger partial charge on any atom is -0.324 e. The number of aromatic amines is 1. The highest BCUT2D eigenvalue weighted by atomic mass is 15.5. The highest BCUT2D eigenvalue weighted by Crippen LogP contribution is 2.26. The third-order valence-corrected chi connectivity index (χ3v) is 5.98. The number of rotatable bonds is 8. The van der Waals surface area contributed by atoms with E-state index in [-0.39, 0.29) is 0 Å². The summed E-state index contributed by atoms with van der Waals surface area (Å²) in [6.07, 6.45) is 3.96. The van der Waals surface area contributed by atoms with Crippen LogP contribution in [0.25, 0.3) is 10.9 Å². The van der Waals surface area contributed by atoms with Gasteiger partial charge in [-0.3, -0.25) is 4.68 Å². The lowest BCUT2D eigenvalue weighted by atomic mass is 10.1. The lowest BCUT2D eigenvalue weighted by molar-refractivity contribution is 0.712. The molecule has 2 N–H and O–H groups in total. The molecule has 37 heavy (non-hydrogen) atoms. The smallest absolute Gasteiger partial charge is 0.234 e. The van der Waals surface area contributed by atoms with Gasteiger partial charge < -0.3 is 10.2 Å². The monoisotopic (exact) mass is 489 g/mol. The molecule has 0 atom stereocenters. The number of H-pyrrole nitrogens is 1. The molecule has 0 bridgehead atoms. The summed E-state index contributed by atoms with van der Waals surface area (Å²) in [5.74, 6) is 1.60. The number of tetrazole rings is 1. The zero-order valence-corrected chi connectivity index (χ0v) is 20.0. The van der Waals surface area contributed by atoms with E-state index in [1.165, 1.54) is 11.9 Å². The van der Waals surface area contributed by atoms with Crippen molar-refractivity contribution < 1.29 is 0 Å². The molecule has 3 heterocycles. The highest BCUT2D eigenvalue weighted by Gasteiger charge is 2.12. The second-order valence-electron chi connectivity index (χ2n) is 8.53. The fourth-order valence-corrected chi connectivity index (χ4v) is 4.12. The minimum absolute atomic E-state index is 0.449. The molecular formula is C26H23N11. The van der Waals surface area contributed by atoms with Gasteiger partial charge in [0.15, 0.2) is 5.82 Å². The summed E-state index contributed by atoms with van der Waals surface area (Å²) in [7, 11) is 1.93. The summed E-state index contributed by atoms with van der Waals surface area (Å²) in [5.41, 5.74) is 5.12. The molecule has 11 nitrogen and oxygen atoms in total. The zero-order valence-electron chi connectivity index (χ0n) is 20.0. The fraction of sp³-hybridized carbons (Fsp3) is 0.115. The number of nitrogens with zero attached hydrogens (tertiary/aromatic N) is 9. The average molecular weight is 490 g/mol. The van der Waals surface area contributed by atoms with Crippen LogP contribution in [0.4, 0.5) is 23.3 Å². The second-order valence-corrected chi connectivity index (χ2v) is 8.53. The maximum absolute atomic E-state index is 4.62. The van der Waals surface area contributed by atoms with E-state index in [0.29, 0.717) is 24.1 Å². The zero-order chi connectivity index (χ0) is 25.0. The number of anilines is 4. The predicted octanol–water partition coefficient (Wildman–Crippen LogP) is 3.89. The topological polar surface area (TPSA) is 126 Å². The molecule has 0 amide bonds. The van der Waals surface area contributed by atoms with E-state index in [0.717, 1.165) is 34.4 Å². The van der Waals surface area contributed by atoms with Crippen LogP contribution in [0.1, 0.15) is 17.0 Å². The van der Waals surface area contributed by atoms with E-state index in [9.17, 15) is 0 Å². The highest BCUT2D eigenvalue weighted by molar-refractivity contribution is 5.83. The molecule has 0 saturated heterocycles. The first-order valence-electron chi connectivity index (χ1n) is 11.7. The van der Waals surface area contributed by atoms with Crippen molar-refractivity contribution in [3.05, 3.63) is 102 Å². The molecule has 6 aromatic rings. The molecule has 0 aliphatic carbocycles. The van der Waals surface area contributed by atoms with E-state index in [1.54, 1.807) is 0 Å². The van der Waals surface area contributed by atoms with Crippen LogP contribution in [-0.2, 0) is 13.0 Å². The number of nitrogens with one attached hydrogen (secondary N) is 2. The van der Waals surface area contributed by atoms with Gasteiger partial charge in [-0.05, 0) is 41.5 Å². The number of benzene rings is 3. The van der Waals surface area contributed by atoms with Gasteiger partial charge in [0.2, 0.25) is 11.9 Å². The van der Waals surface area contributed by atoms with E-state index >= 15 is 0 Å². The standard InChI is InChI=1S/C26H23N11/c1-36(22-10-11-23-20(14-22)15-29-37(23)16-18-6-3-2-4-7-18)26-28-17-27-25(31-26)30-21-9-5-8-19(12-21)13-24-32-34-35-33-24/h2-12,14-15,17H,13,16H2,1H3,(H,27,28,30,31)(H,32,33,34,35). The molecule has 0 radical (unpaired) electrons. The molecule has 11 heteroatoms. The lowest BCUT2D eigenvalue weighted by Crippen LogP contribution is -2.14. The molecule has 0 fully saturated rings. The molecule has 3 aromatic heterocycles. The molecule has 3 aromatic carbocycles. The van der Waals surface area contributed by atoms with Crippen molar-refractivity contribution in [3.63, 3.8) is 0 Å². The predicted molar refractivity (Wildman–Crippen MR) is 140 cm³/mol. The summed E-state index contributed by atoms with van der Waals surface area (Å²) in [6, 6.07) is 24.4. The Hall–Kier alpha value is -5.19. The quantitative estimate of drug-likeness (QED) is 0.327. The van der Waals surface area contributed by atoms with Crippen LogP contribution in [0.2, 0.25) is 0 Å². The summed E-state index contributed by atoms with van der Waals surface area (Å²) in [4.78, 5) is 15.2. The van der Waals surface area contributed by atoms with Gasteiger partial charge in [-0.1, -0.05) is 47.7 Å². The van der Waals surface area contributed by atoms with Crippen molar-refractivity contribution in [1.82, 2.24) is 45.4 Å². The van der Waals surface area contributed by atoms with E-state index in [4.69, 9.17) is 0 Å². The van der Waals surface area contributed by atoms with Crippen LogP contribution >= 0.6 is 0 Å². The number of aromatic nitrogens is 9. The number of hydrogen-bond acceptors (Lipinski definition) is 9. The summed E-state index contributed by atoms with van der Waals surface area (Å²) >= 11 is 0. The maximum Gasteiger partial charge on any atom is 0.234 e. The van der Waals surface area contributed by atoms with Gasteiger partial charge in [0.05, 0.1) is 18.3 Å². The first-order chi connectivity index (χ1) is 18.2. The number of hydrogen-bond donors (Lipinski definition) is 2. The Labute approximate surface area is 212 Å². The van der Waals surface area contributed by atoms with Crippen LogP contribution in [0.15, 0.2) is 85.3 Å². The summed E-state index contributed by atoms with van der Waals surface area (Å²) in [5, 5.41) is 23.0. The van der Waals surface area contributed by atoms with Crippen molar-refractivity contribution in [2.24, 2.45) is 0 Å². The maximum atomic E-state index is 4.62. The van der Waals surface area contributed by atoms with Crippen LogP contribution in [0.3, 0.4) is 0 Å². The second kappa shape index (κ2) is 9.82. The Morgan fingerprint density at radius 2 is 1.84 bits per heavy atom. The van der Waals surface area contributed by atoms with E-state index in [2.05, 4.69) is 70.3 Å². The first-order valence-corrected chi connectivity index (χ1v) is 11.7. The summed E-state index contributed by atoms with van der Waals surface area (Å²) in [6.45, 7) is 0.721. The largest absolute Gasteiger partial charge is 0.324 e. The van der Waals surface area contributed by atoms with Crippen LogP contribution in [-0.4, -0.2) is 52.4 Å². The molecule has 0 aliphatic heterocycles. The Morgan fingerprint density at radius 3 is 2.70 bits per heavy atom. The van der Waals surface area contributed by atoms with Crippen molar-refractivity contribution >= 4 is 34.2 Å². The third-order valence-electron chi connectivity index (χ3n) is 5.98. The van der Waals surface area contributed by atoms with Crippen LogP contribution in [0, 0.1) is 0 Å². The van der Waals surface area contributed by atoms with Gasteiger partial charge in [0, 0.05) is 30.2 Å². The fourth-order valence-electron chi connectivity index (χ4n) is 4.12. The van der Waals surface area contributed by atoms with Gasteiger partial charge in [0.25, 0.3) is 0 Å². The van der Waals surface area contributed by atoms with Gasteiger partial charge in [-0.2, -0.15) is 15.3 Å². The molecule has 0 unspecified atom stereocenters. The van der Waals surface area contributed by atoms with Crippen molar-refractivity contribution in [3.8, 4) is 0 Å². The lowest BCUT2D eigenvalue weighted by Gasteiger charge is -2.18. The first kappa shape index (κ1) is 22.3. The number of fused-ring (bicyclic) bond motifs is 1. The van der Waals surface area contributed by atoms with E-state index in [1.807, 2.05) is 71.4 Å². The normalized spacial score (nSPS) is 11.1. The third kappa shape index (κ3) is 4.96.